The fourth-order valence-electron chi connectivity index (χ4n) is 3.93. The number of hydrogen-bond donors (Lipinski definition) is 1. The fourth-order valence-corrected chi connectivity index (χ4v) is 4.97. The molecule has 0 aliphatic carbocycles. The molecule has 0 radical (unpaired) electrons. The molecule has 3 aromatic rings. The van der Waals surface area contributed by atoms with Crippen molar-refractivity contribution < 1.29 is 28.9 Å². The lowest BCUT2D eigenvalue weighted by atomic mass is 9.96. The van der Waals surface area contributed by atoms with Gasteiger partial charge in [-0.05, 0) is 43.2 Å². The molecule has 9 nitrogen and oxygen atoms in total. The van der Waals surface area contributed by atoms with Crippen LogP contribution in [0.1, 0.15) is 31.0 Å². The van der Waals surface area contributed by atoms with E-state index < -0.39 is 24.6 Å². The largest absolute Gasteiger partial charge is 0.493 e. The molecular weight excluding hydrogens is 484 g/mol. The van der Waals surface area contributed by atoms with Crippen molar-refractivity contribution in [2.75, 3.05) is 20.3 Å². The van der Waals surface area contributed by atoms with Gasteiger partial charge in [0.05, 0.1) is 35.6 Å². The molecule has 10 heteroatoms. The van der Waals surface area contributed by atoms with E-state index in [2.05, 4.69) is 4.99 Å². The van der Waals surface area contributed by atoms with E-state index in [1.165, 1.54) is 23.0 Å². The zero-order chi connectivity index (χ0) is 25.8. The Morgan fingerprint density at radius 1 is 1.17 bits per heavy atom. The molecule has 4 rings (SSSR count). The van der Waals surface area contributed by atoms with Crippen LogP contribution in [-0.2, 0) is 14.3 Å². The first-order valence-corrected chi connectivity index (χ1v) is 11.9. The van der Waals surface area contributed by atoms with Gasteiger partial charge in [0.1, 0.15) is 0 Å². The number of nitrogens with zero attached hydrogens (tertiary/aromatic N) is 2. The zero-order valence-corrected chi connectivity index (χ0v) is 20.7. The first-order valence-electron chi connectivity index (χ1n) is 11.1. The Morgan fingerprint density at radius 2 is 1.92 bits per heavy atom. The van der Waals surface area contributed by atoms with Gasteiger partial charge in [0.2, 0.25) is 0 Å². The van der Waals surface area contributed by atoms with Gasteiger partial charge in [0.25, 0.3) is 5.56 Å². The number of carbonyl (C=O) groups excluding carboxylic acids is 1. The number of carboxylic acid groups (broad SMARTS) is 1. The maximum atomic E-state index is 13.6. The van der Waals surface area contributed by atoms with E-state index in [1.54, 1.807) is 38.1 Å². The van der Waals surface area contributed by atoms with E-state index in [4.69, 9.17) is 19.3 Å². The first kappa shape index (κ1) is 24.9. The van der Waals surface area contributed by atoms with Crippen molar-refractivity contribution in [2.24, 2.45) is 4.99 Å². The number of thiazole rings is 1. The number of carbonyl (C=O) groups is 2. The van der Waals surface area contributed by atoms with Crippen LogP contribution in [0.3, 0.4) is 0 Å². The second kappa shape index (κ2) is 10.6. The second-order valence-corrected chi connectivity index (χ2v) is 8.81. The first-order chi connectivity index (χ1) is 17.3. The number of methoxy groups -OCH3 is 1. The lowest BCUT2D eigenvalue weighted by Crippen LogP contribution is -2.39. The Kier molecular flexibility index (Phi) is 7.35. The van der Waals surface area contributed by atoms with Gasteiger partial charge in [-0.1, -0.05) is 47.7 Å². The third kappa shape index (κ3) is 4.94. The molecule has 0 saturated heterocycles. The standard InChI is InChI=1S/C26H24N2O7S/c1-4-34-25(32)22-15(2)27-26-28(23(22)17-8-6-5-7-9-17)24(31)20(36-26)13-16-10-11-18(19(12-16)33-3)35-14-21(29)30/h5-13,23H,4,14H2,1-3H3,(H,29,30)/b20-13-/t23-/m0/s1. The smallest absolute Gasteiger partial charge is 0.341 e. The predicted molar refractivity (Wildman–Crippen MR) is 133 cm³/mol. The lowest BCUT2D eigenvalue weighted by molar-refractivity contribution is -0.140. The number of aromatic nitrogens is 1. The molecule has 2 heterocycles. The average Bonchev–Trinajstić information content (AvgIpc) is 3.16. The third-order valence-electron chi connectivity index (χ3n) is 5.47. The normalized spacial score (nSPS) is 15.2. The van der Waals surface area contributed by atoms with E-state index >= 15 is 0 Å². The molecule has 1 aliphatic rings. The minimum atomic E-state index is -1.10. The SMILES string of the molecule is CCOC(=O)C1=C(C)N=c2s/c(=C\c3ccc(OCC(=O)O)c(OC)c3)c(=O)n2[C@H]1c1ccccc1. The van der Waals surface area contributed by atoms with E-state index in [-0.39, 0.29) is 17.9 Å². The van der Waals surface area contributed by atoms with E-state index in [0.29, 0.717) is 31.9 Å². The summed E-state index contributed by atoms with van der Waals surface area (Å²) in [6.45, 7) is 3.16. The Labute approximate surface area is 210 Å². The molecule has 0 unspecified atom stereocenters. The summed E-state index contributed by atoms with van der Waals surface area (Å²) >= 11 is 1.21. The van der Waals surface area contributed by atoms with Crippen LogP contribution in [0.15, 0.2) is 69.6 Å². The molecule has 1 N–H and O–H groups in total. The molecule has 0 spiro atoms. The highest BCUT2D eigenvalue weighted by molar-refractivity contribution is 7.07. The number of rotatable bonds is 8. The van der Waals surface area contributed by atoms with Crippen LogP contribution >= 0.6 is 11.3 Å². The summed E-state index contributed by atoms with van der Waals surface area (Å²) in [7, 11) is 1.44. The molecular formula is C26H24N2O7S. The van der Waals surface area contributed by atoms with Crippen molar-refractivity contribution in [1.29, 1.82) is 0 Å². The Bertz CT molecular complexity index is 1520. The highest BCUT2D eigenvalue weighted by Gasteiger charge is 2.33. The molecule has 1 aromatic heterocycles. The maximum absolute atomic E-state index is 13.6. The summed E-state index contributed by atoms with van der Waals surface area (Å²) in [4.78, 5) is 42.4. The molecule has 1 atom stereocenters. The fraction of sp³-hybridized carbons (Fsp3) is 0.231. The van der Waals surface area contributed by atoms with Crippen LogP contribution in [-0.4, -0.2) is 41.9 Å². The number of benzene rings is 2. The predicted octanol–water partition coefficient (Wildman–Crippen LogP) is 2.27. The highest BCUT2D eigenvalue weighted by Crippen LogP contribution is 2.31. The van der Waals surface area contributed by atoms with Gasteiger partial charge in [-0.25, -0.2) is 14.6 Å². The number of allylic oxidation sites excluding steroid dienone is 1. The summed E-state index contributed by atoms with van der Waals surface area (Å²) < 4.78 is 17.8. The van der Waals surface area contributed by atoms with Gasteiger partial charge in [-0.2, -0.15) is 0 Å². The number of fused-ring (bicyclic) bond motifs is 1. The topological polar surface area (TPSA) is 116 Å². The van der Waals surface area contributed by atoms with Crippen LogP contribution < -0.4 is 24.4 Å². The summed E-state index contributed by atoms with van der Waals surface area (Å²) in [6.07, 6.45) is 1.69. The van der Waals surface area contributed by atoms with Gasteiger partial charge in [-0.3, -0.25) is 9.36 Å². The van der Waals surface area contributed by atoms with Crippen LogP contribution in [0.4, 0.5) is 0 Å². The quantitative estimate of drug-likeness (QED) is 0.464. The van der Waals surface area contributed by atoms with Gasteiger partial charge in [-0.15, -0.1) is 0 Å². The Hall–Kier alpha value is -4.18. The van der Waals surface area contributed by atoms with Crippen molar-refractivity contribution in [3.05, 3.63) is 90.6 Å². The van der Waals surface area contributed by atoms with Crippen molar-refractivity contribution in [1.82, 2.24) is 4.57 Å². The monoisotopic (exact) mass is 508 g/mol. The Balaban J connectivity index is 1.84. The van der Waals surface area contributed by atoms with Crippen molar-refractivity contribution in [3.8, 4) is 11.5 Å². The van der Waals surface area contributed by atoms with E-state index in [9.17, 15) is 14.4 Å². The highest BCUT2D eigenvalue weighted by atomic mass is 32.1. The molecule has 186 valence electrons. The molecule has 2 aromatic carbocycles. The minimum Gasteiger partial charge on any atom is -0.493 e. The van der Waals surface area contributed by atoms with Gasteiger partial charge >= 0.3 is 11.9 Å². The molecule has 36 heavy (non-hydrogen) atoms. The maximum Gasteiger partial charge on any atom is 0.341 e. The van der Waals surface area contributed by atoms with Crippen LogP contribution in [0, 0.1) is 0 Å². The average molecular weight is 509 g/mol. The summed E-state index contributed by atoms with van der Waals surface area (Å²) in [6, 6.07) is 13.5. The number of aliphatic carboxylic acids is 1. The number of carboxylic acids is 1. The molecule has 0 fully saturated rings. The molecule has 0 bridgehead atoms. The van der Waals surface area contributed by atoms with E-state index in [0.717, 1.165) is 5.56 Å². The zero-order valence-electron chi connectivity index (χ0n) is 19.9. The van der Waals surface area contributed by atoms with E-state index in [1.807, 2.05) is 30.3 Å². The summed E-state index contributed by atoms with van der Waals surface area (Å²) in [5.74, 6) is -1.01. The van der Waals surface area contributed by atoms with Crippen molar-refractivity contribution >= 4 is 29.4 Å². The number of hydrogen-bond acceptors (Lipinski definition) is 8. The third-order valence-corrected chi connectivity index (χ3v) is 6.45. The summed E-state index contributed by atoms with van der Waals surface area (Å²) in [5.41, 5.74) is 1.94. The summed E-state index contributed by atoms with van der Waals surface area (Å²) in [5, 5.41) is 8.85. The number of ether oxygens (including phenoxy) is 3. The van der Waals surface area contributed by atoms with Crippen LogP contribution in [0.25, 0.3) is 6.08 Å². The molecule has 0 amide bonds. The molecule has 0 saturated carbocycles. The lowest BCUT2D eigenvalue weighted by Gasteiger charge is -2.24. The van der Waals surface area contributed by atoms with Crippen molar-refractivity contribution in [2.45, 2.75) is 19.9 Å². The molecule has 1 aliphatic heterocycles. The van der Waals surface area contributed by atoms with Gasteiger partial charge in [0.15, 0.2) is 22.9 Å². The second-order valence-electron chi connectivity index (χ2n) is 7.81. The van der Waals surface area contributed by atoms with Crippen LogP contribution in [0.2, 0.25) is 0 Å². The van der Waals surface area contributed by atoms with Gasteiger partial charge < -0.3 is 19.3 Å². The van der Waals surface area contributed by atoms with Crippen LogP contribution in [0.5, 0.6) is 11.5 Å². The Morgan fingerprint density at radius 3 is 2.58 bits per heavy atom. The van der Waals surface area contributed by atoms with Gasteiger partial charge in [0, 0.05) is 0 Å². The minimum absolute atomic E-state index is 0.204. The number of esters is 1. The van der Waals surface area contributed by atoms with Crippen molar-refractivity contribution in [3.63, 3.8) is 0 Å².